The van der Waals surface area contributed by atoms with Gasteiger partial charge in [-0.1, -0.05) is 32.4 Å². The maximum Gasteiger partial charge on any atom is 0.407 e. The Morgan fingerprint density at radius 3 is 2.27 bits per heavy atom. The van der Waals surface area contributed by atoms with Gasteiger partial charge in [0.1, 0.15) is 5.60 Å². The van der Waals surface area contributed by atoms with Crippen LogP contribution in [0.5, 0.6) is 0 Å². The van der Waals surface area contributed by atoms with Gasteiger partial charge in [-0.25, -0.2) is 9.59 Å². The second-order valence-corrected chi connectivity index (χ2v) is 7.46. The Morgan fingerprint density at radius 2 is 1.77 bits per heavy atom. The highest BCUT2D eigenvalue weighted by Gasteiger charge is 2.22. The molecule has 0 heterocycles. The van der Waals surface area contributed by atoms with Crippen LogP contribution < -0.4 is 10.6 Å². The molecule has 0 saturated heterocycles. The van der Waals surface area contributed by atoms with E-state index in [2.05, 4.69) is 24.5 Å². The van der Waals surface area contributed by atoms with E-state index in [1.807, 2.05) is 32.9 Å². The molecule has 0 aliphatic rings. The SMILES string of the molecule is CC[C@H](C)[C@@H](CNCc1ccc(C(=O)OC)cc1)NC(=O)OC(C)(C)C. The van der Waals surface area contributed by atoms with Gasteiger partial charge >= 0.3 is 12.1 Å². The summed E-state index contributed by atoms with van der Waals surface area (Å²) in [6.45, 7) is 11.0. The first kappa shape index (κ1) is 22.0. The molecule has 0 aliphatic heterocycles. The standard InChI is InChI=1S/C20H32N2O4/c1-7-14(2)17(22-19(24)26-20(3,4)5)13-21-12-15-8-10-16(11-9-15)18(23)25-6/h8-11,14,17,21H,7,12-13H2,1-6H3,(H,22,24)/t14-,17+/m0/s1. The van der Waals surface area contributed by atoms with Crippen LogP contribution in [0.15, 0.2) is 24.3 Å². The molecule has 1 rings (SSSR count). The number of nitrogens with one attached hydrogen (secondary N) is 2. The number of alkyl carbamates (subject to hydrolysis) is 1. The van der Waals surface area contributed by atoms with Crippen molar-refractivity contribution in [2.24, 2.45) is 5.92 Å². The quantitative estimate of drug-likeness (QED) is 0.691. The molecule has 1 amide bonds. The van der Waals surface area contributed by atoms with Gasteiger partial charge in [-0.2, -0.15) is 0 Å². The Kier molecular flexibility index (Phi) is 8.58. The zero-order valence-electron chi connectivity index (χ0n) is 16.7. The van der Waals surface area contributed by atoms with Crippen LogP contribution in [0.3, 0.4) is 0 Å². The molecule has 0 unspecified atom stereocenters. The molecule has 146 valence electrons. The largest absolute Gasteiger partial charge is 0.465 e. The Bertz CT molecular complexity index is 578. The second-order valence-electron chi connectivity index (χ2n) is 7.46. The first-order valence-corrected chi connectivity index (χ1v) is 9.03. The molecule has 2 atom stereocenters. The van der Waals surface area contributed by atoms with Crippen LogP contribution >= 0.6 is 0 Å². The maximum absolute atomic E-state index is 12.0. The summed E-state index contributed by atoms with van der Waals surface area (Å²) in [7, 11) is 1.37. The van der Waals surface area contributed by atoms with E-state index in [0.717, 1.165) is 12.0 Å². The lowest BCUT2D eigenvalue weighted by atomic mass is 9.99. The summed E-state index contributed by atoms with van der Waals surface area (Å²) in [5.41, 5.74) is 1.07. The Hall–Kier alpha value is -2.08. The minimum atomic E-state index is -0.515. The summed E-state index contributed by atoms with van der Waals surface area (Å²) < 4.78 is 10.0. The number of hydrogen-bond acceptors (Lipinski definition) is 5. The van der Waals surface area contributed by atoms with E-state index in [1.165, 1.54) is 7.11 Å². The molecular weight excluding hydrogens is 332 g/mol. The van der Waals surface area contributed by atoms with Crippen LogP contribution in [-0.4, -0.2) is 37.4 Å². The summed E-state index contributed by atoms with van der Waals surface area (Å²) >= 11 is 0. The van der Waals surface area contributed by atoms with Gasteiger partial charge in [0.25, 0.3) is 0 Å². The molecule has 0 fully saturated rings. The van der Waals surface area contributed by atoms with E-state index in [1.54, 1.807) is 12.1 Å². The second kappa shape index (κ2) is 10.2. The van der Waals surface area contributed by atoms with Crippen molar-refractivity contribution < 1.29 is 19.1 Å². The summed E-state index contributed by atoms with van der Waals surface area (Å²) in [6, 6.07) is 7.24. The number of rotatable bonds is 8. The summed E-state index contributed by atoms with van der Waals surface area (Å²) in [5.74, 6) is -0.0281. The van der Waals surface area contributed by atoms with E-state index in [9.17, 15) is 9.59 Å². The van der Waals surface area contributed by atoms with Crippen LogP contribution in [0.4, 0.5) is 4.79 Å². The molecule has 0 radical (unpaired) electrons. The van der Waals surface area contributed by atoms with Gasteiger partial charge in [-0.15, -0.1) is 0 Å². The third kappa shape index (κ3) is 7.87. The summed E-state index contributed by atoms with van der Waals surface area (Å²) in [6.07, 6.45) is 0.558. The lowest BCUT2D eigenvalue weighted by molar-refractivity contribution is 0.0486. The molecule has 0 spiro atoms. The van der Waals surface area contributed by atoms with E-state index in [4.69, 9.17) is 9.47 Å². The number of ether oxygens (including phenoxy) is 2. The Labute approximate surface area is 156 Å². The molecule has 6 heteroatoms. The molecule has 2 N–H and O–H groups in total. The highest BCUT2D eigenvalue weighted by Crippen LogP contribution is 2.11. The maximum atomic E-state index is 12.0. The molecule has 26 heavy (non-hydrogen) atoms. The van der Waals surface area contributed by atoms with Crippen molar-refractivity contribution in [2.45, 2.75) is 59.2 Å². The fourth-order valence-electron chi connectivity index (χ4n) is 2.39. The number of hydrogen-bond donors (Lipinski definition) is 2. The van der Waals surface area contributed by atoms with Crippen molar-refractivity contribution in [3.8, 4) is 0 Å². The Balaban J connectivity index is 2.56. The normalized spacial score (nSPS) is 13.6. The molecule has 0 bridgehead atoms. The summed E-state index contributed by atoms with van der Waals surface area (Å²) in [4.78, 5) is 23.5. The molecule has 0 aliphatic carbocycles. The summed E-state index contributed by atoms with van der Waals surface area (Å²) in [5, 5.41) is 6.32. The molecule has 1 aromatic carbocycles. The topological polar surface area (TPSA) is 76.7 Å². The minimum absolute atomic E-state index is 0.0239. The minimum Gasteiger partial charge on any atom is -0.465 e. The number of methoxy groups -OCH3 is 1. The molecule has 6 nitrogen and oxygen atoms in total. The lowest BCUT2D eigenvalue weighted by Crippen LogP contribution is -2.47. The van der Waals surface area contributed by atoms with E-state index >= 15 is 0 Å². The van der Waals surface area contributed by atoms with Crippen molar-refractivity contribution in [3.05, 3.63) is 35.4 Å². The highest BCUT2D eigenvalue weighted by atomic mass is 16.6. The fraction of sp³-hybridized carbons (Fsp3) is 0.600. The van der Waals surface area contributed by atoms with Crippen LogP contribution in [0.25, 0.3) is 0 Å². The van der Waals surface area contributed by atoms with Crippen LogP contribution in [0.1, 0.15) is 57.0 Å². The monoisotopic (exact) mass is 364 g/mol. The van der Waals surface area contributed by atoms with Crippen molar-refractivity contribution in [3.63, 3.8) is 0 Å². The van der Waals surface area contributed by atoms with Gasteiger partial charge in [0, 0.05) is 19.1 Å². The predicted molar refractivity (Wildman–Crippen MR) is 102 cm³/mol. The third-order valence-electron chi connectivity index (χ3n) is 4.10. The number of benzene rings is 1. The van der Waals surface area contributed by atoms with E-state index in [0.29, 0.717) is 24.6 Å². The van der Waals surface area contributed by atoms with E-state index in [-0.39, 0.29) is 12.0 Å². The average Bonchev–Trinajstić information content (AvgIpc) is 2.58. The van der Waals surface area contributed by atoms with Gasteiger partial charge in [0.2, 0.25) is 0 Å². The number of carbonyl (C=O) groups is 2. The third-order valence-corrected chi connectivity index (χ3v) is 4.10. The number of carbonyl (C=O) groups excluding carboxylic acids is 2. The van der Waals surface area contributed by atoms with Crippen LogP contribution in [-0.2, 0) is 16.0 Å². The Morgan fingerprint density at radius 1 is 1.15 bits per heavy atom. The van der Waals surface area contributed by atoms with Crippen LogP contribution in [0.2, 0.25) is 0 Å². The zero-order valence-corrected chi connectivity index (χ0v) is 16.7. The average molecular weight is 364 g/mol. The van der Waals surface area contributed by atoms with Crippen LogP contribution in [0, 0.1) is 5.92 Å². The van der Waals surface area contributed by atoms with Crippen molar-refractivity contribution >= 4 is 12.1 Å². The van der Waals surface area contributed by atoms with Crippen molar-refractivity contribution in [1.82, 2.24) is 10.6 Å². The lowest BCUT2D eigenvalue weighted by Gasteiger charge is -2.27. The smallest absolute Gasteiger partial charge is 0.407 e. The first-order valence-electron chi connectivity index (χ1n) is 9.03. The van der Waals surface area contributed by atoms with E-state index < -0.39 is 11.7 Å². The first-order chi connectivity index (χ1) is 12.2. The zero-order chi connectivity index (χ0) is 19.7. The van der Waals surface area contributed by atoms with Gasteiger partial charge in [-0.3, -0.25) is 0 Å². The fourth-order valence-corrected chi connectivity index (χ4v) is 2.39. The highest BCUT2D eigenvalue weighted by molar-refractivity contribution is 5.89. The molecule has 0 saturated carbocycles. The number of esters is 1. The van der Waals surface area contributed by atoms with Gasteiger partial charge in [-0.05, 0) is 44.4 Å². The number of amides is 1. The van der Waals surface area contributed by atoms with Crippen molar-refractivity contribution in [2.75, 3.05) is 13.7 Å². The van der Waals surface area contributed by atoms with Gasteiger partial charge in [0.05, 0.1) is 12.7 Å². The van der Waals surface area contributed by atoms with Crippen molar-refractivity contribution in [1.29, 1.82) is 0 Å². The molecule has 0 aromatic heterocycles. The molecule has 1 aromatic rings. The van der Waals surface area contributed by atoms with Gasteiger partial charge < -0.3 is 20.1 Å². The predicted octanol–water partition coefficient (Wildman–Crippen LogP) is 3.50. The van der Waals surface area contributed by atoms with Gasteiger partial charge in [0.15, 0.2) is 0 Å². The molecular formula is C20H32N2O4.